The Morgan fingerprint density at radius 3 is 2.05 bits per heavy atom. The molecule has 0 saturated carbocycles. The molecule has 4 aromatic carbocycles. The van der Waals surface area contributed by atoms with Crippen molar-refractivity contribution in [1.82, 2.24) is 4.57 Å². The molecule has 0 radical (unpaired) electrons. The number of carbonyl (C=O) groups is 1. The van der Waals surface area contributed by atoms with Crippen LogP contribution in [0.25, 0.3) is 21.8 Å². The van der Waals surface area contributed by atoms with Crippen LogP contribution in [0.2, 0.25) is 0 Å². The number of benzene rings is 4. The molecule has 0 bridgehead atoms. The second-order valence-corrected chi connectivity index (χ2v) is 10.2. The van der Waals surface area contributed by atoms with E-state index in [0.717, 1.165) is 55.9 Å². The highest BCUT2D eigenvalue weighted by molar-refractivity contribution is 6.19. The molecule has 0 unspecified atom stereocenters. The maximum atomic E-state index is 11.8. The maximum Gasteiger partial charge on any atom is 0.333 e. The SMILES string of the molecule is C=C(C)C(=O)OCCn1c2ccccc2c2cc(C=Nc3ccc(N=C4C=CC(=Nc5ccccc5)C=C4)cc3)ccc21. The third kappa shape index (κ3) is 6.49. The summed E-state index contributed by atoms with van der Waals surface area (Å²) >= 11 is 0. The lowest BCUT2D eigenvalue weighted by Crippen LogP contribution is -2.11. The van der Waals surface area contributed by atoms with E-state index in [1.165, 1.54) is 0 Å². The van der Waals surface area contributed by atoms with Crippen LogP contribution in [0.5, 0.6) is 0 Å². The number of fused-ring (bicyclic) bond motifs is 3. The summed E-state index contributed by atoms with van der Waals surface area (Å²) < 4.78 is 7.55. The van der Waals surface area contributed by atoms with Gasteiger partial charge in [-0.05, 0) is 91.4 Å². The summed E-state index contributed by atoms with van der Waals surface area (Å²) in [7, 11) is 0. The molecule has 43 heavy (non-hydrogen) atoms. The second-order valence-electron chi connectivity index (χ2n) is 10.2. The van der Waals surface area contributed by atoms with Crippen molar-refractivity contribution in [2.45, 2.75) is 13.5 Å². The predicted octanol–water partition coefficient (Wildman–Crippen LogP) is 8.64. The molecular formula is C37H30N4O2. The van der Waals surface area contributed by atoms with Gasteiger partial charge in [0.2, 0.25) is 0 Å². The Morgan fingerprint density at radius 1 is 0.744 bits per heavy atom. The molecule has 1 aliphatic carbocycles. The number of aromatic nitrogens is 1. The number of ether oxygens (including phenoxy) is 1. The third-order valence-corrected chi connectivity index (χ3v) is 7.03. The van der Waals surface area contributed by atoms with Crippen LogP contribution >= 0.6 is 0 Å². The molecule has 0 N–H and O–H groups in total. The zero-order chi connectivity index (χ0) is 29.6. The first-order valence-corrected chi connectivity index (χ1v) is 14.1. The van der Waals surface area contributed by atoms with Gasteiger partial charge in [-0.25, -0.2) is 14.8 Å². The zero-order valence-corrected chi connectivity index (χ0v) is 23.9. The van der Waals surface area contributed by atoms with Crippen molar-refractivity contribution in [2.24, 2.45) is 15.0 Å². The summed E-state index contributed by atoms with van der Waals surface area (Å²) in [5.74, 6) is -0.370. The molecule has 6 rings (SSSR count). The highest BCUT2D eigenvalue weighted by atomic mass is 16.5. The number of para-hydroxylation sites is 2. The normalized spacial score (nSPS) is 12.8. The van der Waals surface area contributed by atoms with E-state index >= 15 is 0 Å². The van der Waals surface area contributed by atoms with Gasteiger partial charge >= 0.3 is 5.97 Å². The molecule has 0 spiro atoms. The van der Waals surface area contributed by atoms with Crippen molar-refractivity contribution in [1.29, 1.82) is 0 Å². The monoisotopic (exact) mass is 562 g/mol. The summed E-state index contributed by atoms with van der Waals surface area (Å²) in [5, 5.41) is 2.27. The van der Waals surface area contributed by atoms with E-state index in [1.54, 1.807) is 6.92 Å². The van der Waals surface area contributed by atoms with E-state index in [-0.39, 0.29) is 12.6 Å². The van der Waals surface area contributed by atoms with Gasteiger partial charge in [-0.15, -0.1) is 0 Å². The van der Waals surface area contributed by atoms with Crippen LogP contribution in [0.4, 0.5) is 17.1 Å². The molecule has 0 saturated heterocycles. The molecule has 0 amide bonds. The van der Waals surface area contributed by atoms with Crippen LogP contribution < -0.4 is 0 Å². The van der Waals surface area contributed by atoms with Gasteiger partial charge in [0.15, 0.2) is 0 Å². The highest BCUT2D eigenvalue weighted by Gasteiger charge is 2.12. The predicted molar refractivity (Wildman–Crippen MR) is 178 cm³/mol. The molecule has 1 heterocycles. The third-order valence-electron chi connectivity index (χ3n) is 7.03. The smallest absolute Gasteiger partial charge is 0.333 e. The van der Waals surface area contributed by atoms with Crippen LogP contribution in [0, 0.1) is 0 Å². The van der Waals surface area contributed by atoms with E-state index in [4.69, 9.17) is 14.7 Å². The summed E-state index contributed by atoms with van der Waals surface area (Å²) in [4.78, 5) is 25.9. The number of carbonyl (C=O) groups excluding carboxylic acids is 1. The van der Waals surface area contributed by atoms with E-state index in [1.807, 2.05) is 97.2 Å². The number of esters is 1. The number of hydrogen-bond acceptors (Lipinski definition) is 5. The topological polar surface area (TPSA) is 68.3 Å². The lowest BCUT2D eigenvalue weighted by molar-refractivity contribution is -0.139. The van der Waals surface area contributed by atoms with Gasteiger partial charge in [0.1, 0.15) is 6.61 Å². The molecule has 0 fully saturated rings. The van der Waals surface area contributed by atoms with Crippen molar-refractivity contribution >= 4 is 62.5 Å². The van der Waals surface area contributed by atoms with Gasteiger partial charge in [-0.1, -0.05) is 49.0 Å². The molecule has 0 atom stereocenters. The second kappa shape index (κ2) is 12.5. The summed E-state index contributed by atoms with van der Waals surface area (Å²) in [6.07, 6.45) is 9.75. The molecule has 0 aliphatic heterocycles. The average molecular weight is 563 g/mol. The standard InChI is InChI=1S/C37H30N4O2/c1-26(2)37(42)43-23-22-41-35-11-7-6-10-33(35)34-24-27(12-21-36(34)41)25-38-28-13-15-30(16-14-28)40-32-19-17-31(18-20-32)39-29-8-4-3-5-9-29/h3-21,24-25H,1,22-23H2,2H3. The number of hydrogen-bond donors (Lipinski definition) is 0. The molecule has 1 aliphatic rings. The highest BCUT2D eigenvalue weighted by Crippen LogP contribution is 2.30. The fourth-order valence-electron chi connectivity index (χ4n) is 4.91. The Kier molecular flexibility index (Phi) is 8.00. The van der Waals surface area contributed by atoms with Crippen molar-refractivity contribution in [3.05, 3.63) is 139 Å². The fourth-order valence-corrected chi connectivity index (χ4v) is 4.91. The van der Waals surface area contributed by atoms with Gasteiger partial charge in [0.05, 0.1) is 35.0 Å². The Hall–Kier alpha value is -5.62. The van der Waals surface area contributed by atoms with Crippen molar-refractivity contribution < 1.29 is 9.53 Å². The summed E-state index contributed by atoms with van der Waals surface area (Å²) in [6.45, 7) is 6.14. The minimum absolute atomic E-state index is 0.278. The maximum absolute atomic E-state index is 11.8. The number of nitrogens with zero attached hydrogens (tertiary/aromatic N) is 4. The van der Waals surface area contributed by atoms with E-state index in [0.29, 0.717) is 12.1 Å². The lowest BCUT2D eigenvalue weighted by atomic mass is 10.1. The molecule has 6 nitrogen and oxygen atoms in total. The minimum Gasteiger partial charge on any atom is -0.460 e. The van der Waals surface area contributed by atoms with Gasteiger partial charge < -0.3 is 9.30 Å². The van der Waals surface area contributed by atoms with Gasteiger partial charge in [-0.2, -0.15) is 0 Å². The first-order chi connectivity index (χ1) is 21.0. The number of allylic oxidation sites excluding steroid dienone is 4. The van der Waals surface area contributed by atoms with Crippen LogP contribution in [-0.4, -0.2) is 34.8 Å². The average Bonchev–Trinajstić information content (AvgIpc) is 3.35. The van der Waals surface area contributed by atoms with Crippen LogP contribution in [0.1, 0.15) is 12.5 Å². The largest absolute Gasteiger partial charge is 0.460 e. The molecule has 5 aromatic rings. The van der Waals surface area contributed by atoms with Crippen molar-refractivity contribution in [3.63, 3.8) is 0 Å². The van der Waals surface area contributed by atoms with Crippen LogP contribution in [0.3, 0.4) is 0 Å². The van der Waals surface area contributed by atoms with E-state index in [2.05, 4.69) is 46.5 Å². The van der Waals surface area contributed by atoms with Crippen LogP contribution in [0.15, 0.2) is 148 Å². The molecule has 1 aromatic heterocycles. The molecule has 6 heteroatoms. The first-order valence-electron chi connectivity index (χ1n) is 14.1. The Morgan fingerprint density at radius 2 is 1.35 bits per heavy atom. The lowest BCUT2D eigenvalue weighted by Gasteiger charge is -2.08. The van der Waals surface area contributed by atoms with Crippen molar-refractivity contribution in [3.8, 4) is 0 Å². The van der Waals surface area contributed by atoms with Gasteiger partial charge in [-0.3, -0.25) is 4.99 Å². The van der Waals surface area contributed by atoms with E-state index in [9.17, 15) is 4.79 Å². The fraction of sp³-hybridized carbons (Fsp3) is 0.0811. The van der Waals surface area contributed by atoms with Crippen LogP contribution in [-0.2, 0) is 16.1 Å². The van der Waals surface area contributed by atoms with Gasteiger partial charge in [0.25, 0.3) is 0 Å². The van der Waals surface area contributed by atoms with Crippen molar-refractivity contribution in [2.75, 3.05) is 6.61 Å². The zero-order valence-electron chi connectivity index (χ0n) is 23.9. The summed E-state index contributed by atoms with van der Waals surface area (Å²) in [6, 6.07) is 32.3. The summed E-state index contributed by atoms with van der Waals surface area (Å²) in [5.41, 5.74) is 7.96. The minimum atomic E-state index is -0.370. The number of aliphatic imine (C=N–C) groups is 3. The molecular weight excluding hydrogens is 532 g/mol. The Labute approximate surface area is 250 Å². The van der Waals surface area contributed by atoms with E-state index < -0.39 is 0 Å². The van der Waals surface area contributed by atoms with Gasteiger partial charge in [0, 0.05) is 33.6 Å². The number of rotatable bonds is 8. The first kappa shape index (κ1) is 27.5. The molecule has 210 valence electrons. The Bertz CT molecular complexity index is 1960. The Balaban J connectivity index is 1.15. The quantitative estimate of drug-likeness (QED) is 0.0822.